The molecular formula is C34H33F6N5O3S. The highest BCUT2D eigenvalue weighted by Gasteiger charge is 2.39. The van der Waals surface area contributed by atoms with Gasteiger partial charge in [0.25, 0.3) is 5.91 Å². The molecule has 15 heteroatoms. The maximum atomic E-state index is 13.3. The van der Waals surface area contributed by atoms with Crippen molar-refractivity contribution in [2.24, 2.45) is 0 Å². The molecule has 1 fully saturated rings. The molecule has 5 rings (SSSR count). The number of benzene rings is 3. The molecule has 1 aliphatic heterocycles. The monoisotopic (exact) mass is 705 g/mol. The van der Waals surface area contributed by atoms with Gasteiger partial charge >= 0.3 is 12.4 Å². The largest absolute Gasteiger partial charge is 0.497 e. The molecule has 49 heavy (non-hydrogen) atoms. The molecule has 260 valence electrons. The van der Waals surface area contributed by atoms with Crippen molar-refractivity contribution in [1.82, 2.24) is 24.6 Å². The minimum absolute atomic E-state index is 0.0122. The number of aromatic nitrogens is 3. The van der Waals surface area contributed by atoms with Crippen molar-refractivity contribution in [1.29, 1.82) is 0 Å². The molecule has 1 saturated heterocycles. The number of alkyl halides is 6. The van der Waals surface area contributed by atoms with Crippen molar-refractivity contribution >= 4 is 23.6 Å². The molecule has 8 nitrogen and oxygen atoms in total. The third-order valence-corrected chi connectivity index (χ3v) is 9.09. The van der Waals surface area contributed by atoms with E-state index in [1.807, 2.05) is 59.2 Å². The number of hydrogen-bond donors (Lipinski definition) is 0. The number of thioether (sulfide) groups is 1. The average molecular weight is 706 g/mol. The Morgan fingerprint density at radius 3 is 2.14 bits per heavy atom. The standard InChI is InChI=1S/C34H33F6N5O3S/c1-22-21-43(14-15-44(22)31(47)24-18-25(33(35,36)37)20-26(19-24)34(38,39)40)30(46)9-6-16-49-32-42-41-29(17-23-7-4-3-5-8-23)45(32)27-10-12-28(48-2)13-11-27/h3-5,7-8,10-13,18-20,22H,6,9,14-17,21H2,1-2H3. The van der Waals surface area contributed by atoms with E-state index in [9.17, 15) is 35.9 Å². The summed E-state index contributed by atoms with van der Waals surface area (Å²) >= 11 is 1.45. The minimum Gasteiger partial charge on any atom is -0.497 e. The van der Waals surface area contributed by atoms with Gasteiger partial charge in [0.2, 0.25) is 5.91 Å². The van der Waals surface area contributed by atoms with Gasteiger partial charge < -0.3 is 14.5 Å². The molecule has 0 spiro atoms. The Morgan fingerprint density at radius 1 is 0.898 bits per heavy atom. The lowest BCUT2D eigenvalue weighted by atomic mass is 10.0. The van der Waals surface area contributed by atoms with Crippen LogP contribution in [0.3, 0.4) is 0 Å². The Morgan fingerprint density at radius 2 is 1.55 bits per heavy atom. The second-order valence-corrected chi connectivity index (χ2v) is 12.6. The van der Waals surface area contributed by atoms with E-state index in [0.717, 1.165) is 17.1 Å². The summed E-state index contributed by atoms with van der Waals surface area (Å²) in [5, 5.41) is 9.53. The van der Waals surface area contributed by atoms with E-state index in [-0.39, 0.29) is 38.0 Å². The van der Waals surface area contributed by atoms with Gasteiger partial charge in [-0.05, 0) is 61.4 Å². The highest BCUT2D eigenvalue weighted by atomic mass is 32.2. The van der Waals surface area contributed by atoms with Crippen molar-refractivity contribution in [2.75, 3.05) is 32.5 Å². The van der Waals surface area contributed by atoms with Gasteiger partial charge in [-0.25, -0.2) is 0 Å². The van der Waals surface area contributed by atoms with E-state index >= 15 is 0 Å². The van der Waals surface area contributed by atoms with Gasteiger partial charge in [-0.3, -0.25) is 14.2 Å². The van der Waals surface area contributed by atoms with E-state index in [1.165, 1.54) is 16.7 Å². The number of piperazine rings is 1. The molecule has 0 aliphatic carbocycles. The van der Waals surface area contributed by atoms with Gasteiger partial charge in [0.15, 0.2) is 5.16 Å². The minimum atomic E-state index is -5.07. The van der Waals surface area contributed by atoms with Gasteiger partial charge in [0.1, 0.15) is 11.6 Å². The molecule has 0 N–H and O–H groups in total. The number of amides is 2. The number of ether oxygens (including phenoxy) is 1. The first-order chi connectivity index (χ1) is 23.2. The summed E-state index contributed by atoms with van der Waals surface area (Å²) in [6.45, 7) is 1.76. The van der Waals surface area contributed by atoms with Crippen LogP contribution in [0.2, 0.25) is 0 Å². The second-order valence-electron chi connectivity index (χ2n) is 11.5. The van der Waals surface area contributed by atoms with Crippen LogP contribution in [0.4, 0.5) is 26.3 Å². The molecule has 1 aromatic heterocycles. The van der Waals surface area contributed by atoms with Gasteiger partial charge in [-0.15, -0.1) is 10.2 Å². The molecule has 1 unspecified atom stereocenters. The molecule has 1 aliphatic rings. The van der Waals surface area contributed by atoms with Crippen LogP contribution >= 0.6 is 11.8 Å². The molecule has 1 atom stereocenters. The predicted octanol–water partition coefficient (Wildman–Crippen LogP) is 7.15. The lowest BCUT2D eigenvalue weighted by Gasteiger charge is -2.40. The molecular weight excluding hydrogens is 672 g/mol. The first-order valence-electron chi connectivity index (χ1n) is 15.4. The van der Waals surface area contributed by atoms with Crippen LogP contribution in [-0.4, -0.2) is 74.9 Å². The summed E-state index contributed by atoms with van der Waals surface area (Å²) < 4.78 is 87.3. The topological polar surface area (TPSA) is 80.6 Å². The number of rotatable bonds is 10. The maximum absolute atomic E-state index is 13.3. The summed E-state index contributed by atoms with van der Waals surface area (Å²) in [4.78, 5) is 29.0. The van der Waals surface area contributed by atoms with Crippen LogP contribution in [0.1, 0.15) is 52.6 Å². The number of halogens is 6. The zero-order valence-electron chi connectivity index (χ0n) is 26.6. The Kier molecular flexibility index (Phi) is 10.9. The first-order valence-corrected chi connectivity index (χ1v) is 16.4. The van der Waals surface area contributed by atoms with Gasteiger partial charge in [-0.2, -0.15) is 26.3 Å². The Labute approximate surface area is 283 Å². The number of carbonyl (C=O) groups is 2. The van der Waals surface area contributed by atoms with Crippen molar-refractivity contribution in [2.45, 2.75) is 49.7 Å². The third kappa shape index (κ3) is 8.74. The lowest BCUT2D eigenvalue weighted by molar-refractivity contribution is -0.143. The number of hydrogen-bond acceptors (Lipinski definition) is 6. The van der Waals surface area contributed by atoms with E-state index < -0.39 is 41.0 Å². The van der Waals surface area contributed by atoms with Crippen LogP contribution in [0.15, 0.2) is 78.0 Å². The molecule has 3 aromatic carbocycles. The summed E-state index contributed by atoms with van der Waals surface area (Å²) in [6.07, 6.45) is -8.88. The number of nitrogens with zero attached hydrogens (tertiary/aromatic N) is 5. The average Bonchev–Trinajstić information content (AvgIpc) is 3.47. The molecule has 0 saturated carbocycles. The number of carbonyl (C=O) groups excluding carboxylic acids is 2. The Bertz CT molecular complexity index is 1730. The molecule has 2 heterocycles. The summed E-state index contributed by atoms with van der Waals surface area (Å²) in [7, 11) is 1.59. The molecule has 4 aromatic rings. The Balaban J connectivity index is 1.19. The fraction of sp³-hybridized carbons (Fsp3) is 0.353. The highest BCUT2D eigenvalue weighted by molar-refractivity contribution is 7.99. The van der Waals surface area contributed by atoms with E-state index in [4.69, 9.17) is 4.74 Å². The summed E-state index contributed by atoms with van der Waals surface area (Å²) in [5.74, 6) is 0.881. The van der Waals surface area contributed by atoms with Crippen LogP contribution in [0.5, 0.6) is 5.75 Å². The SMILES string of the molecule is COc1ccc(-n2c(Cc3ccccc3)nnc2SCCCC(=O)N2CCN(C(=O)c3cc(C(F)(F)F)cc(C(F)(F)F)c3)C(C)C2)cc1. The second kappa shape index (κ2) is 14.9. The smallest absolute Gasteiger partial charge is 0.416 e. The van der Waals surface area contributed by atoms with Crippen LogP contribution < -0.4 is 4.74 Å². The van der Waals surface area contributed by atoms with Crippen LogP contribution in [0, 0.1) is 0 Å². The lowest BCUT2D eigenvalue weighted by Crippen LogP contribution is -2.55. The van der Waals surface area contributed by atoms with E-state index in [2.05, 4.69) is 10.2 Å². The summed E-state index contributed by atoms with van der Waals surface area (Å²) in [6, 6.07) is 17.6. The quantitative estimate of drug-likeness (QED) is 0.0991. The fourth-order valence-electron chi connectivity index (χ4n) is 5.55. The predicted molar refractivity (Wildman–Crippen MR) is 171 cm³/mol. The number of methoxy groups -OCH3 is 1. The van der Waals surface area contributed by atoms with Crippen molar-refractivity contribution < 1.29 is 40.7 Å². The maximum Gasteiger partial charge on any atom is 0.416 e. The van der Waals surface area contributed by atoms with Crippen LogP contribution in [0.25, 0.3) is 5.69 Å². The van der Waals surface area contributed by atoms with Crippen molar-refractivity contribution in [3.05, 3.63) is 101 Å². The highest BCUT2D eigenvalue weighted by Crippen LogP contribution is 2.37. The zero-order valence-corrected chi connectivity index (χ0v) is 27.4. The molecule has 2 amide bonds. The van der Waals surface area contributed by atoms with Crippen molar-refractivity contribution in [3.8, 4) is 11.4 Å². The van der Waals surface area contributed by atoms with Crippen LogP contribution in [-0.2, 0) is 23.6 Å². The van der Waals surface area contributed by atoms with E-state index in [0.29, 0.717) is 41.6 Å². The summed E-state index contributed by atoms with van der Waals surface area (Å²) in [5.41, 5.74) is -1.89. The van der Waals surface area contributed by atoms with E-state index in [1.54, 1.807) is 18.9 Å². The third-order valence-electron chi connectivity index (χ3n) is 8.08. The van der Waals surface area contributed by atoms with Gasteiger partial charge in [-0.1, -0.05) is 42.1 Å². The van der Waals surface area contributed by atoms with Gasteiger partial charge in [0, 0.05) is 55.5 Å². The molecule has 0 bridgehead atoms. The van der Waals surface area contributed by atoms with Gasteiger partial charge in [0.05, 0.1) is 18.2 Å². The Hall–Kier alpha value is -4.53. The normalized spacial score (nSPS) is 15.4. The molecule has 0 radical (unpaired) electrons. The zero-order chi connectivity index (χ0) is 35.3. The fourth-order valence-corrected chi connectivity index (χ4v) is 6.46. The first kappa shape index (κ1) is 35.8. The van der Waals surface area contributed by atoms with Crippen molar-refractivity contribution in [3.63, 3.8) is 0 Å².